The normalized spacial score (nSPS) is 21.8. The van der Waals surface area contributed by atoms with Gasteiger partial charge in [-0.25, -0.2) is 0 Å². The minimum Gasteiger partial charge on any atom is -0.458 e. The van der Waals surface area contributed by atoms with Gasteiger partial charge in [0.1, 0.15) is 11.5 Å². The molecule has 0 aliphatic carbocycles. The lowest BCUT2D eigenvalue weighted by Crippen LogP contribution is -2.45. The number of carbonyl (C=O) groups excluding carboxylic acids is 2. The highest BCUT2D eigenvalue weighted by Gasteiger charge is 2.45. The Kier molecular flexibility index (Phi) is 6.56. The number of halogens is 3. The first-order chi connectivity index (χ1) is 14.4. The van der Waals surface area contributed by atoms with E-state index in [1.807, 2.05) is 32.9 Å². The van der Waals surface area contributed by atoms with Gasteiger partial charge in [0.2, 0.25) is 0 Å². The number of hydrogen-bond donors (Lipinski definition) is 0. The molecule has 1 fully saturated rings. The summed E-state index contributed by atoms with van der Waals surface area (Å²) in [4.78, 5) is 26.5. The van der Waals surface area contributed by atoms with Gasteiger partial charge in [-0.2, -0.15) is 13.2 Å². The molecule has 2 atom stereocenters. The van der Waals surface area contributed by atoms with Crippen LogP contribution in [0.5, 0.6) is 0 Å². The molecule has 0 bridgehead atoms. The molecule has 0 saturated carbocycles. The Morgan fingerprint density at radius 1 is 1.06 bits per heavy atom. The van der Waals surface area contributed by atoms with E-state index in [2.05, 4.69) is 0 Å². The van der Waals surface area contributed by atoms with E-state index in [-0.39, 0.29) is 12.2 Å². The molecule has 0 N–H and O–H groups in total. The zero-order chi connectivity index (χ0) is 23.0. The Morgan fingerprint density at radius 3 is 2.16 bits per heavy atom. The number of benzene rings is 2. The third-order valence-corrected chi connectivity index (χ3v) is 6.57. The summed E-state index contributed by atoms with van der Waals surface area (Å²) in [6, 6.07) is 8.85. The van der Waals surface area contributed by atoms with E-state index in [0.717, 1.165) is 34.4 Å². The molecular formula is C24H25F3O3S. The van der Waals surface area contributed by atoms with Gasteiger partial charge in [0.15, 0.2) is 5.78 Å². The lowest BCUT2D eigenvalue weighted by molar-refractivity contribution is -0.171. The average molecular weight is 451 g/mol. The topological polar surface area (TPSA) is 43.4 Å². The van der Waals surface area contributed by atoms with E-state index in [1.165, 1.54) is 23.9 Å². The summed E-state index contributed by atoms with van der Waals surface area (Å²) in [5, 5.41) is 0. The maximum absolute atomic E-state index is 13.0. The maximum atomic E-state index is 13.0. The summed E-state index contributed by atoms with van der Waals surface area (Å²) < 4.78 is 43.8. The summed E-state index contributed by atoms with van der Waals surface area (Å²) in [5.74, 6) is -1.09. The van der Waals surface area contributed by atoms with Crippen molar-refractivity contribution in [1.82, 2.24) is 0 Å². The molecule has 166 valence electrons. The Hall–Kier alpha value is -2.28. The van der Waals surface area contributed by atoms with E-state index in [1.54, 1.807) is 6.92 Å². The molecule has 1 saturated heterocycles. The number of aryl methyl sites for hydroxylation is 3. The van der Waals surface area contributed by atoms with Crippen molar-refractivity contribution >= 4 is 23.5 Å². The van der Waals surface area contributed by atoms with Crippen molar-refractivity contribution in [1.29, 1.82) is 0 Å². The van der Waals surface area contributed by atoms with Crippen molar-refractivity contribution in [3.05, 3.63) is 64.2 Å². The highest BCUT2D eigenvalue weighted by molar-refractivity contribution is 7.99. The van der Waals surface area contributed by atoms with Crippen LogP contribution in [-0.4, -0.2) is 23.1 Å². The maximum Gasteiger partial charge on any atom is 0.416 e. The van der Waals surface area contributed by atoms with E-state index < -0.39 is 29.2 Å². The van der Waals surface area contributed by atoms with Gasteiger partial charge in [0, 0.05) is 17.1 Å². The summed E-state index contributed by atoms with van der Waals surface area (Å²) in [7, 11) is 0. The molecule has 31 heavy (non-hydrogen) atoms. The molecule has 3 nitrogen and oxygen atoms in total. The van der Waals surface area contributed by atoms with Crippen LogP contribution < -0.4 is 0 Å². The van der Waals surface area contributed by atoms with Crippen LogP contribution in [0.2, 0.25) is 0 Å². The lowest BCUT2D eigenvalue weighted by atomic mass is 9.80. The highest BCUT2D eigenvalue weighted by Crippen LogP contribution is 2.38. The molecule has 0 amide bonds. The van der Waals surface area contributed by atoms with Crippen molar-refractivity contribution in [2.75, 3.05) is 5.75 Å². The lowest BCUT2D eigenvalue weighted by Gasteiger charge is -2.36. The van der Waals surface area contributed by atoms with Gasteiger partial charge in [-0.3, -0.25) is 9.59 Å². The predicted octanol–water partition coefficient (Wildman–Crippen LogP) is 6.17. The molecule has 1 aliphatic rings. The number of ketones is 1. The smallest absolute Gasteiger partial charge is 0.416 e. The van der Waals surface area contributed by atoms with Crippen LogP contribution in [0.3, 0.4) is 0 Å². The number of Topliss-reactive ketones (excluding diaryl/α,β-unsaturated/α-hetero) is 1. The van der Waals surface area contributed by atoms with Crippen LogP contribution >= 0.6 is 11.8 Å². The number of hydrogen-bond acceptors (Lipinski definition) is 4. The molecule has 7 heteroatoms. The fourth-order valence-corrected chi connectivity index (χ4v) is 5.23. The molecule has 2 unspecified atom stereocenters. The number of thioether (sulfide) groups is 1. The van der Waals surface area contributed by atoms with Crippen molar-refractivity contribution < 1.29 is 27.5 Å². The molecule has 2 aromatic carbocycles. The number of ether oxygens (including phenoxy) is 1. The fraction of sp³-hybridized carbons (Fsp3) is 0.417. The molecule has 3 rings (SSSR count). The summed E-state index contributed by atoms with van der Waals surface area (Å²) in [6.45, 7) is 7.49. The summed E-state index contributed by atoms with van der Waals surface area (Å²) >= 11 is 1.37. The standard InChI is InChI=1S/C24H25F3O3S/c1-14-11-15(2)20(16(3)12-14)21-19(28)13-23(4,30-22(21)29)9-10-31-18-7-5-17(6-8-18)24(25,26)27/h5-8,11-12,21H,9-10,13H2,1-4H3. The number of carbonyl (C=O) groups is 2. The van der Waals surface area contributed by atoms with Gasteiger partial charge >= 0.3 is 12.1 Å². The van der Waals surface area contributed by atoms with E-state index in [4.69, 9.17) is 4.74 Å². The monoisotopic (exact) mass is 450 g/mol. The largest absolute Gasteiger partial charge is 0.458 e. The molecule has 2 aromatic rings. The molecular weight excluding hydrogens is 425 g/mol. The quantitative estimate of drug-likeness (QED) is 0.310. The van der Waals surface area contributed by atoms with Crippen molar-refractivity contribution in [2.45, 2.75) is 63.1 Å². The van der Waals surface area contributed by atoms with E-state index in [0.29, 0.717) is 17.1 Å². The van der Waals surface area contributed by atoms with Crippen molar-refractivity contribution in [2.24, 2.45) is 0 Å². The van der Waals surface area contributed by atoms with Gasteiger partial charge in [0.05, 0.1) is 5.56 Å². The van der Waals surface area contributed by atoms with Crippen LogP contribution in [0.4, 0.5) is 13.2 Å². The molecule has 1 aliphatic heterocycles. The molecule has 0 spiro atoms. The van der Waals surface area contributed by atoms with Crippen molar-refractivity contribution in [3.8, 4) is 0 Å². The van der Waals surface area contributed by atoms with Gasteiger partial charge in [-0.05, 0) is 75.1 Å². The SMILES string of the molecule is Cc1cc(C)c(C2C(=O)CC(C)(CCSc3ccc(C(F)(F)F)cc3)OC2=O)c(C)c1. The minimum atomic E-state index is -4.36. The van der Waals surface area contributed by atoms with Crippen molar-refractivity contribution in [3.63, 3.8) is 0 Å². The molecule has 0 radical (unpaired) electrons. The third kappa shape index (κ3) is 5.32. The second-order valence-electron chi connectivity index (χ2n) is 8.38. The number of cyclic esters (lactones) is 1. The summed E-state index contributed by atoms with van der Waals surface area (Å²) in [6.07, 6.45) is -3.82. The zero-order valence-electron chi connectivity index (χ0n) is 17.9. The number of esters is 1. The van der Waals surface area contributed by atoms with Gasteiger partial charge < -0.3 is 4.74 Å². The predicted molar refractivity (Wildman–Crippen MR) is 114 cm³/mol. The third-order valence-electron chi connectivity index (χ3n) is 5.56. The van der Waals surface area contributed by atoms with Gasteiger partial charge in [-0.15, -0.1) is 11.8 Å². The first kappa shape index (κ1) is 23.4. The Morgan fingerprint density at radius 2 is 1.65 bits per heavy atom. The zero-order valence-corrected chi connectivity index (χ0v) is 18.7. The fourth-order valence-electron chi connectivity index (χ4n) is 4.13. The second kappa shape index (κ2) is 8.69. The Balaban J connectivity index is 1.65. The Labute approximate surface area is 184 Å². The van der Waals surface area contributed by atoms with Gasteiger partial charge in [0.25, 0.3) is 0 Å². The molecule has 0 aromatic heterocycles. The second-order valence-corrected chi connectivity index (χ2v) is 9.55. The first-order valence-corrected chi connectivity index (χ1v) is 11.0. The van der Waals surface area contributed by atoms with Gasteiger partial charge in [-0.1, -0.05) is 17.7 Å². The minimum absolute atomic E-state index is 0.115. The van der Waals surface area contributed by atoms with Crippen LogP contribution in [0.15, 0.2) is 41.3 Å². The van der Waals surface area contributed by atoms with Crippen LogP contribution in [0, 0.1) is 20.8 Å². The van der Waals surface area contributed by atoms with Crippen LogP contribution in [0.1, 0.15) is 53.5 Å². The van der Waals surface area contributed by atoms with Crippen LogP contribution in [0.25, 0.3) is 0 Å². The van der Waals surface area contributed by atoms with E-state index in [9.17, 15) is 22.8 Å². The number of alkyl halides is 3. The average Bonchev–Trinajstić information content (AvgIpc) is 2.62. The Bertz CT molecular complexity index is 955. The number of rotatable bonds is 5. The summed E-state index contributed by atoms with van der Waals surface area (Å²) in [5.41, 5.74) is 1.98. The van der Waals surface area contributed by atoms with Crippen LogP contribution in [-0.2, 0) is 20.5 Å². The molecule has 1 heterocycles. The highest BCUT2D eigenvalue weighted by atomic mass is 32.2. The first-order valence-electron chi connectivity index (χ1n) is 10.0. The van der Waals surface area contributed by atoms with E-state index >= 15 is 0 Å².